The van der Waals surface area contributed by atoms with E-state index in [0.717, 1.165) is 51.4 Å². The highest BCUT2D eigenvalue weighted by atomic mass is 79.9. The Morgan fingerprint density at radius 1 is 1.16 bits per heavy atom. The van der Waals surface area contributed by atoms with Gasteiger partial charge in [0.1, 0.15) is 18.0 Å². The van der Waals surface area contributed by atoms with Gasteiger partial charge in [0.05, 0.1) is 29.6 Å². The molecule has 1 aliphatic heterocycles. The number of ether oxygens (including phenoxy) is 1. The molecule has 0 radical (unpaired) electrons. The molecule has 1 amide bonds. The molecule has 0 unspecified atom stereocenters. The fourth-order valence-electron chi connectivity index (χ4n) is 3.32. The van der Waals surface area contributed by atoms with Gasteiger partial charge in [0, 0.05) is 29.1 Å². The number of nitro groups is 1. The number of hydrogen-bond donors (Lipinski definition) is 2. The molecule has 1 heterocycles. The number of carbonyl (C=O) groups excluding carboxylic acids is 1. The average molecular weight is 513 g/mol. The van der Waals surface area contributed by atoms with Gasteiger partial charge < -0.3 is 15.0 Å². The van der Waals surface area contributed by atoms with Crippen LogP contribution in [-0.4, -0.2) is 58.6 Å². The number of nitro benzene ring substituents is 1. The van der Waals surface area contributed by atoms with E-state index < -0.39 is 31.3 Å². The van der Waals surface area contributed by atoms with Gasteiger partial charge in [-0.1, -0.05) is 15.9 Å². The van der Waals surface area contributed by atoms with Crippen molar-refractivity contribution in [1.82, 2.24) is 5.32 Å². The molecule has 0 bridgehead atoms. The highest BCUT2D eigenvalue weighted by Gasteiger charge is 2.28. The summed E-state index contributed by atoms with van der Waals surface area (Å²) < 4.78 is 31.8. The van der Waals surface area contributed by atoms with Gasteiger partial charge in [-0.25, -0.2) is 8.42 Å². The standard InChI is InChI=1S/C20H22BrN3O6S/c21-16-3-5-17(6-4-16)31(28,29)19-7-2-15(14-18(19)24(26)27)20(25)22-8-1-9-23-10-12-30-13-11-23/h2-7,14H,1,8-13H2,(H,22,25)/p+1. The van der Waals surface area contributed by atoms with E-state index in [1.165, 1.54) is 23.1 Å². The molecule has 1 fully saturated rings. The highest BCUT2D eigenvalue weighted by Crippen LogP contribution is 2.30. The molecule has 2 N–H and O–H groups in total. The molecule has 1 aliphatic rings. The molecule has 0 aromatic heterocycles. The van der Waals surface area contributed by atoms with Crippen LogP contribution >= 0.6 is 15.9 Å². The molecule has 2 aromatic rings. The molecule has 31 heavy (non-hydrogen) atoms. The molecular formula is C20H23BrN3O6S+. The topological polar surface area (TPSA) is 120 Å². The Kier molecular flexibility index (Phi) is 7.76. The number of nitrogens with zero attached hydrogens (tertiary/aromatic N) is 1. The zero-order valence-corrected chi connectivity index (χ0v) is 19.1. The summed E-state index contributed by atoms with van der Waals surface area (Å²) in [5.41, 5.74) is -0.589. The molecule has 2 aromatic carbocycles. The van der Waals surface area contributed by atoms with E-state index in [-0.39, 0.29) is 10.5 Å². The second kappa shape index (κ2) is 10.3. The number of halogens is 1. The second-order valence-electron chi connectivity index (χ2n) is 7.12. The molecule has 11 heteroatoms. The summed E-state index contributed by atoms with van der Waals surface area (Å²) in [6.45, 7) is 4.68. The van der Waals surface area contributed by atoms with Gasteiger partial charge in [-0.3, -0.25) is 14.9 Å². The maximum Gasteiger partial charge on any atom is 0.289 e. The zero-order chi connectivity index (χ0) is 22.4. The summed E-state index contributed by atoms with van der Waals surface area (Å²) in [4.78, 5) is 24.1. The molecule has 166 valence electrons. The van der Waals surface area contributed by atoms with Crippen molar-refractivity contribution in [2.45, 2.75) is 16.2 Å². The van der Waals surface area contributed by atoms with Crippen LogP contribution in [0.5, 0.6) is 0 Å². The first kappa shape index (κ1) is 23.3. The fraction of sp³-hybridized carbons (Fsp3) is 0.350. The smallest absolute Gasteiger partial charge is 0.289 e. The number of benzene rings is 2. The summed E-state index contributed by atoms with van der Waals surface area (Å²) in [6.07, 6.45) is 0.763. The van der Waals surface area contributed by atoms with E-state index >= 15 is 0 Å². The third kappa shape index (κ3) is 5.88. The molecule has 1 saturated heterocycles. The van der Waals surface area contributed by atoms with E-state index in [0.29, 0.717) is 11.0 Å². The lowest BCUT2D eigenvalue weighted by Crippen LogP contribution is -3.14. The van der Waals surface area contributed by atoms with Crippen molar-refractivity contribution in [3.63, 3.8) is 0 Å². The van der Waals surface area contributed by atoms with Crippen molar-refractivity contribution in [2.75, 3.05) is 39.4 Å². The van der Waals surface area contributed by atoms with Crippen LogP contribution in [0.25, 0.3) is 0 Å². The van der Waals surface area contributed by atoms with Gasteiger partial charge in [-0.2, -0.15) is 0 Å². The first-order valence-corrected chi connectivity index (χ1v) is 12.1. The van der Waals surface area contributed by atoms with Gasteiger partial charge in [-0.15, -0.1) is 0 Å². The maximum absolute atomic E-state index is 12.9. The molecule has 0 saturated carbocycles. The van der Waals surface area contributed by atoms with E-state index in [1.54, 1.807) is 12.1 Å². The monoisotopic (exact) mass is 512 g/mol. The molecule has 0 spiro atoms. The summed E-state index contributed by atoms with van der Waals surface area (Å²) in [7, 11) is -4.11. The van der Waals surface area contributed by atoms with Gasteiger partial charge in [-0.05, 0) is 36.4 Å². The summed E-state index contributed by atoms with van der Waals surface area (Å²) in [5.74, 6) is -0.479. The van der Waals surface area contributed by atoms with Crippen molar-refractivity contribution in [2.24, 2.45) is 0 Å². The van der Waals surface area contributed by atoms with Crippen LogP contribution < -0.4 is 10.2 Å². The van der Waals surface area contributed by atoms with Crippen LogP contribution in [0.3, 0.4) is 0 Å². The third-order valence-electron chi connectivity index (χ3n) is 5.02. The first-order valence-electron chi connectivity index (χ1n) is 9.77. The summed E-state index contributed by atoms with van der Waals surface area (Å²) >= 11 is 3.23. The Morgan fingerprint density at radius 2 is 1.84 bits per heavy atom. The van der Waals surface area contributed by atoms with Gasteiger partial charge in [0.15, 0.2) is 0 Å². The van der Waals surface area contributed by atoms with E-state index in [4.69, 9.17) is 4.74 Å². The normalized spacial score (nSPS) is 14.9. The number of rotatable bonds is 8. The van der Waals surface area contributed by atoms with E-state index in [9.17, 15) is 23.3 Å². The van der Waals surface area contributed by atoms with Crippen LogP contribution in [0.15, 0.2) is 56.7 Å². The van der Waals surface area contributed by atoms with Crippen LogP contribution in [0.2, 0.25) is 0 Å². The molecule has 3 rings (SSSR count). The highest BCUT2D eigenvalue weighted by molar-refractivity contribution is 9.10. The van der Waals surface area contributed by atoms with Crippen LogP contribution in [0.4, 0.5) is 5.69 Å². The van der Waals surface area contributed by atoms with E-state index in [1.807, 2.05) is 0 Å². The van der Waals surface area contributed by atoms with Crippen molar-refractivity contribution >= 4 is 37.4 Å². The number of hydrogen-bond acceptors (Lipinski definition) is 6. The average Bonchev–Trinajstić information content (AvgIpc) is 2.77. The minimum Gasteiger partial charge on any atom is -0.370 e. The minimum absolute atomic E-state index is 0.0418. The van der Waals surface area contributed by atoms with Crippen molar-refractivity contribution in [3.8, 4) is 0 Å². The Morgan fingerprint density at radius 3 is 2.48 bits per heavy atom. The van der Waals surface area contributed by atoms with Crippen LogP contribution in [-0.2, 0) is 14.6 Å². The number of sulfone groups is 1. The third-order valence-corrected chi connectivity index (χ3v) is 7.37. The predicted octanol–water partition coefficient (Wildman–Crippen LogP) is 1.23. The lowest BCUT2D eigenvalue weighted by atomic mass is 10.2. The van der Waals surface area contributed by atoms with Gasteiger partial charge in [0.2, 0.25) is 9.84 Å². The van der Waals surface area contributed by atoms with Crippen molar-refractivity contribution in [3.05, 3.63) is 62.6 Å². The molecule has 0 aliphatic carbocycles. The Balaban J connectivity index is 1.71. The largest absolute Gasteiger partial charge is 0.370 e. The van der Waals surface area contributed by atoms with Crippen molar-refractivity contribution in [1.29, 1.82) is 0 Å². The Labute approximate surface area is 188 Å². The number of amides is 1. The number of nitrogens with one attached hydrogen (secondary N) is 2. The maximum atomic E-state index is 12.9. The van der Waals surface area contributed by atoms with E-state index in [2.05, 4.69) is 21.2 Å². The summed E-state index contributed by atoms with van der Waals surface area (Å²) in [5, 5.41) is 14.3. The van der Waals surface area contributed by atoms with Crippen LogP contribution in [0, 0.1) is 10.1 Å². The quantitative estimate of drug-likeness (QED) is 0.311. The zero-order valence-electron chi connectivity index (χ0n) is 16.7. The number of carbonyl (C=O) groups is 1. The van der Waals surface area contributed by atoms with Gasteiger partial charge in [0.25, 0.3) is 11.6 Å². The Bertz CT molecular complexity index is 1050. The molecule has 9 nitrogen and oxygen atoms in total. The SMILES string of the molecule is O=C(NCCC[NH+]1CCOCC1)c1ccc(S(=O)(=O)c2ccc(Br)cc2)c([N+](=O)[O-])c1. The lowest BCUT2D eigenvalue weighted by molar-refractivity contribution is -0.908. The second-order valence-corrected chi connectivity index (χ2v) is 9.95. The van der Waals surface area contributed by atoms with Crippen molar-refractivity contribution < 1.29 is 27.8 Å². The summed E-state index contributed by atoms with van der Waals surface area (Å²) in [6, 6.07) is 9.22. The predicted molar refractivity (Wildman–Crippen MR) is 116 cm³/mol. The number of morpholine rings is 1. The molecule has 0 atom stereocenters. The fourth-order valence-corrected chi connectivity index (χ4v) is 4.99. The van der Waals surface area contributed by atoms with Gasteiger partial charge >= 0.3 is 0 Å². The first-order chi connectivity index (χ1) is 14.8. The minimum atomic E-state index is -4.11. The van der Waals surface area contributed by atoms with Crippen LogP contribution in [0.1, 0.15) is 16.8 Å². The number of quaternary nitrogens is 1. The molecular weight excluding hydrogens is 490 g/mol. The lowest BCUT2D eigenvalue weighted by Gasteiger charge is -2.23. The Hall–Kier alpha value is -2.34.